The van der Waals surface area contributed by atoms with Crippen LogP contribution in [0.1, 0.15) is 44.7 Å². The molecular formula is C16H19F2N3O2. The molecule has 0 radical (unpaired) electrons. The molecule has 0 unspecified atom stereocenters. The van der Waals surface area contributed by atoms with E-state index in [2.05, 4.69) is 10.6 Å². The molecule has 0 heterocycles. The summed E-state index contributed by atoms with van der Waals surface area (Å²) in [6.45, 7) is 3.67. The summed E-state index contributed by atoms with van der Waals surface area (Å²) < 4.78 is 26.5. The first-order valence-electron chi connectivity index (χ1n) is 7.26. The van der Waals surface area contributed by atoms with E-state index in [1.54, 1.807) is 6.07 Å². The van der Waals surface area contributed by atoms with E-state index >= 15 is 0 Å². The fraction of sp³-hybridized carbons (Fsp3) is 0.438. The smallest absolute Gasteiger partial charge is 0.221 e. The number of nitrogens with one attached hydrogen (secondary N) is 2. The zero-order valence-electron chi connectivity index (χ0n) is 13.0. The van der Waals surface area contributed by atoms with E-state index in [1.807, 2.05) is 13.8 Å². The molecule has 7 heteroatoms. The van der Waals surface area contributed by atoms with Crippen LogP contribution in [-0.4, -0.2) is 17.9 Å². The second kappa shape index (κ2) is 8.83. The summed E-state index contributed by atoms with van der Waals surface area (Å²) in [6, 6.07) is 3.38. The Bertz CT molecular complexity index is 612. The number of amides is 2. The van der Waals surface area contributed by atoms with Gasteiger partial charge in [-0.3, -0.25) is 9.59 Å². The van der Waals surface area contributed by atoms with Gasteiger partial charge in [0, 0.05) is 30.5 Å². The molecule has 2 N–H and O–H groups in total. The third-order valence-corrected chi connectivity index (χ3v) is 2.97. The molecular weight excluding hydrogens is 304 g/mol. The molecule has 5 nitrogen and oxygen atoms in total. The highest BCUT2D eigenvalue weighted by Gasteiger charge is 2.18. The van der Waals surface area contributed by atoms with Crippen LogP contribution in [0.5, 0.6) is 0 Å². The molecule has 0 aliphatic carbocycles. The largest absolute Gasteiger partial charge is 0.354 e. The average Bonchev–Trinajstić information content (AvgIpc) is 2.44. The fourth-order valence-corrected chi connectivity index (χ4v) is 1.95. The van der Waals surface area contributed by atoms with Gasteiger partial charge in [-0.2, -0.15) is 5.26 Å². The lowest BCUT2D eigenvalue weighted by atomic mass is 10.1. The van der Waals surface area contributed by atoms with Crippen LogP contribution in [0.3, 0.4) is 0 Å². The Morgan fingerprint density at radius 2 is 1.78 bits per heavy atom. The van der Waals surface area contributed by atoms with Gasteiger partial charge in [-0.05, 0) is 26.3 Å². The summed E-state index contributed by atoms with van der Waals surface area (Å²) >= 11 is 0. The van der Waals surface area contributed by atoms with Crippen LogP contribution in [0.25, 0.3) is 0 Å². The first-order valence-corrected chi connectivity index (χ1v) is 7.26. The van der Waals surface area contributed by atoms with E-state index in [1.165, 1.54) is 0 Å². The first-order chi connectivity index (χ1) is 10.8. The van der Waals surface area contributed by atoms with Gasteiger partial charge >= 0.3 is 0 Å². The predicted molar refractivity (Wildman–Crippen MR) is 80.0 cm³/mol. The molecule has 1 aromatic carbocycles. The monoisotopic (exact) mass is 323 g/mol. The van der Waals surface area contributed by atoms with Crippen molar-refractivity contribution in [1.82, 2.24) is 10.6 Å². The maximum atomic E-state index is 13.6. The van der Waals surface area contributed by atoms with E-state index in [-0.39, 0.29) is 30.4 Å². The van der Waals surface area contributed by atoms with Gasteiger partial charge in [0.05, 0.1) is 6.07 Å². The zero-order chi connectivity index (χ0) is 17.4. The second-order valence-corrected chi connectivity index (χ2v) is 5.37. The summed E-state index contributed by atoms with van der Waals surface area (Å²) in [4.78, 5) is 23.2. The standard InChI is InChI=1S/C16H19F2N3O2/c1-10(2)20-15(22)4-3-5-16(23)21-14(9-19)12-7-6-11(17)8-13(12)18/h6-8,10,14H,3-5H2,1-2H3,(H,20,22)(H,21,23)/t14-/m1/s1. The Hall–Kier alpha value is -2.49. The van der Waals surface area contributed by atoms with Gasteiger partial charge in [0.1, 0.15) is 17.7 Å². The van der Waals surface area contributed by atoms with Gasteiger partial charge in [0.15, 0.2) is 0 Å². The van der Waals surface area contributed by atoms with Gasteiger partial charge in [-0.1, -0.05) is 6.07 Å². The Morgan fingerprint density at radius 1 is 1.17 bits per heavy atom. The van der Waals surface area contributed by atoms with Crippen LogP contribution in [-0.2, 0) is 9.59 Å². The number of hydrogen-bond acceptors (Lipinski definition) is 3. The van der Waals surface area contributed by atoms with Gasteiger partial charge in [0.25, 0.3) is 0 Å². The van der Waals surface area contributed by atoms with Crippen LogP contribution in [0.4, 0.5) is 8.78 Å². The number of benzene rings is 1. The lowest BCUT2D eigenvalue weighted by Gasteiger charge is -2.13. The normalized spacial score (nSPS) is 11.7. The summed E-state index contributed by atoms with van der Waals surface area (Å²) in [5.74, 6) is -2.29. The lowest BCUT2D eigenvalue weighted by Crippen LogP contribution is -2.31. The van der Waals surface area contributed by atoms with Crippen LogP contribution >= 0.6 is 0 Å². The van der Waals surface area contributed by atoms with Gasteiger partial charge < -0.3 is 10.6 Å². The van der Waals surface area contributed by atoms with E-state index in [0.29, 0.717) is 12.5 Å². The van der Waals surface area contributed by atoms with Gasteiger partial charge in [-0.25, -0.2) is 8.78 Å². The third kappa shape index (κ3) is 6.43. The number of nitriles is 1. The van der Waals surface area contributed by atoms with Crippen LogP contribution in [0.2, 0.25) is 0 Å². The Balaban J connectivity index is 2.51. The molecule has 124 valence electrons. The summed E-state index contributed by atoms with van der Waals surface area (Å²) in [7, 11) is 0. The van der Waals surface area contributed by atoms with E-state index in [4.69, 9.17) is 5.26 Å². The minimum Gasteiger partial charge on any atom is -0.354 e. The third-order valence-electron chi connectivity index (χ3n) is 2.97. The highest BCUT2D eigenvalue weighted by Crippen LogP contribution is 2.18. The van der Waals surface area contributed by atoms with Gasteiger partial charge in [-0.15, -0.1) is 0 Å². The van der Waals surface area contributed by atoms with Crippen molar-refractivity contribution in [3.05, 3.63) is 35.4 Å². The Labute approximate surface area is 133 Å². The van der Waals surface area contributed by atoms with Crippen LogP contribution < -0.4 is 10.6 Å². The van der Waals surface area contributed by atoms with Crippen molar-refractivity contribution in [2.75, 3.05) is 0 Å². The SMILES string of the molecule is CC(C)NC(=O)CCCC(=O)N[C@H](C#N)c1ccc(F)cc1F. The van der Waals surface area contributed by atoms with E-state index in [0.717, 1.165) is 12.1 Å². The van der Waals surface area contributed by atoms with Crippen LogP contribution in [0, 0.1) is 23.0 Å². The number of hydrogen-bond donors (Lipinski definition) is 2. The Kier molecular flexibility index (Phi) is 7.13. The molecule has 1 rings (SSSR count). The summed E-state index contributed by atoms with van der Waals surface area (Å²) in [5, 5.41) is 14.1. The molecule has 1 atom stereocenters. The maximum absolute atomic E-state index is 13.6. The number of rotatable bonds is 7. The molecule has 0 saturated heterocycles. The van der Waals surface area contributed by atoms with Gasteiger partial charge in [0.2, 0.25) is 11.8 Å². The minimum absolute atomic E-state index is 0.0285. The molecule has 0 fully saturated rings. The van der Waals surface area contributed by atoms with Crippen molar-refractivity contribution in [3.63, 3.8) is 0 Å². The molecule has 0 saturated carbocycles. The van der Waals surface area contributed by atoms with Crippen molar-refractivity contribution in [1.29, 1.82) is 5.26 Å². The highest BCUT2D eigenvalue weighted by atomic mass is 19.1. The topological polar surface area (TPSA) is 82.0 Å². The van der Waals surface area contributed by atoms with Crippen molar-refractivity contribution in [2.24, 2.45) is 0 Å². The zero-order valence-corrected chi connectivity index (χ0v) is 13.0. The molecule has 0 spiro atoms. The summed E-state index contributed by atoms with van der Waals surface area (Å²) in [6.07, 6.45) is 0.536. The molecule has 0 aromatic heterocycles. The predicted octanol–water partition coefficient (Wildman–Crippen LogP) is 2.34. The fourth-order valence-electron chi connectivity index (χ4n) is 1.95. The van der Waals surface area contributed by atoms with E-state index < -0.39 is 23.6 Å². The van der Waals surface area contributed by atoms with Crippen molar-refractivity contribution >= 4 is 11.8 Å². The van der Waals surface area contributed by atoms with Crippen molar-refractivity contribution in [3.8, 4) is 6.07 Å². The molecule has 23 heavy (non-hydrogen) atoms. The number of halogens is 2. The highest BCUT2D eigenvalue weighted by molar-refractivity contribution is 5.79. The quantitative estimate of drug-likeness (QED) is 0.808. The lowest BCUT2D eigenvalue weighted by molar-refractivity contribution is -0.122. The average molecular weight is 323 g/mol. The molecule has 0 aliphatic rings. The Morgan fingerprint density at radius 3 is 2.30 bits per heavy atom. The molecule has 2 amide bonds. The number of carbonyl (C=O) groups is 2. The number of carbonyl (C=O) groups excluding carboxylic acids is 2. The molecule has 0 aliphatic heterocycles. The van der Waals surface area contributed by atoms with Crippen LogP contribution in [0.15, 0.2) is 18.2 Å². The molecule has 0 bridgehead atoms. The minimum atomic E-state index is -1.20. The molecule has 1 aromatic rings. The maximum Gasteiger partial charge on any atom is 0.221 e. The van der Waals surface area contributed by atoms with E-state index in [9.17, 15) is 18.4 Å². The number of nitrogens with zero attached hydrogens (tertiary/aromatic N) is 1. The van der Waals surface area contributed by atoms with Crippen molar-refractivity contribution in [2.45, 2.75) is 45.2 Å². The summed E-state index contributed by atoms with van der Waals surface area (Å²) in [5.41, 5.74) is -0.0974. The van der Waals surface area contributed by atoms with Crippen molar-refractivity contribution < 1.29 is 18.4 Å². The first kappa shape index (κ1) is 18.6. The second-order valence-electron chi connectivity index (χ2n) is 5.37.